The summed E-state index contributed by atoms with van der Waals surface area (Å²) in [5, 5.41) is 4.83. The van der Waals surface area contributed by atoms with Crippen LogP contribution < -0.4 is 10.1 Å². The van der Waals surface area contributed by atoms with Gasteiger partial charge in [0.25, 0.3) is 10.0 Å². The summed E-state index contributed by atoms with van der Waals surface area (Å²) in [7, 11) is -3.61. The molecule has 0 aliphatic carbocycles. The number of anilines is 1. The maximum absolute atomic E-state index is 12.3. The number of rotatable bonds is 5. The van der Waals surface area contributed by atoms with Gasteiger partial charge in [-0.05, 0) is 31.9 Å². The third-order valence-electron chi connectivity index (χ3n) is 3.00. The van der Waals surface area contributed by atoms with Gasteiger partial charge < -0.3 is 5.32 Å². The summed E-state index contributed by atoms with van der Waals surface area (Å²) in [6.45, 7) is 4.07. The maximum atomic E-state index is 12.3. The summed E-state index contributed by atoms with van der Waals surface area (Å²) < 4.78 is 24.7. The molecule has 0 amide bonds. The number of hydrogen-bond acceptors (Lipinski definition) is 5. The van der Waals surface area contributed by atoms with Gasteiger partial charge in [0.2, 0.25) is 0 Å². The fourth-order valence-electron chi connectivity index (χ4n) is 2.13. The number of pyridine rings is 1. The molecule has 106 valence electrons. The van der Waals surface area contributed by atoms with Crippen molar-refractivity contribution < 1.29 is 8.42 Å². The van der Waals surface area contributed by atoms with Crippen LogP contribution >= 0.6 is 0 Å². The van der Waals surface area contributed by atoms with Crippen LogP contribution in [0, 0.1) is 0 Å². The topological polar surface area (TPSA) is 74.3 Å². The molecule has 7 heteroatoms. The van der Waals surface area contributed by atoms with Crippen LogP contribution in [0.15, 0.2) is 23.4 Å². The van der Waals surface area contributed by atoms with E-state index in [1.807, 2.05) is 6.92 Å². The fraction of sp³-hybridized carbons (Fsp3) is 0.583. The van der Waals surface area contributed by atoms with Gasteiger partial charge in [0, 0.05) is 25.8 Å². The second-order valence-electron chi connectivity index (χ2n) is 4.53. The zero-order valence-corrected chi connectivity index (χ0v) is 11.9. The van der Waals surface area contributed by atoms with Crippen molar-refractivity contribution in [2.45, 2.75) is 31.2 Å². The highest BCUT2D eigenvalue weighted by molar-refractivity contribution is 7.89. The van der Waals surface area contributed by atoms with E-state index in [2.05, 4.69) is 15.1 Å². The molecule has 1 aromatic rings. The molecule has 0 atom stereocenters. The van der Waals surface area contributed by atoms with Gasteiger partial charge in [0.05, 0.1) is 5.69 Å². The van der Waals surface area contributed by atoms with E-state index < -0.39 is 10.0 Å². The highest BCUT2D eigenvalue weighted by Gasteiger charge is 2.23. The van der Waals surface area contributed by atoms with E-state index in [0.29, 0.717) is 12.2 Å². The normalized spacial score (nSPS) is 17.3. The number of nitrogens with one attached hydrogen (secondary N) is 2. The van der Waals surface area contributed by atoms with Gasteiger partial charge in [-0.15, -0.1) is 4.83 Å². The van der Waals surface area contributed by atoms with Crippen LogP contribution in [0.5, 0.6) is 0 Å². The number of sulfonamides is 1. The summed E-state index contributed by atoms with van der Waals surface area (Å²) in [4.78, 5) is 6.61. The third-order valence-corrected chi connectivity index (χ3v) is 4.33. The average molecular weight is 284 g/mol. The van der Waals surface area contributed by atoms with Gasteiger partial charge in [0.15, 0.2) is 5.03 Å². The van der Waals surface area contributed by atoms with E-state index in [-0.39, 0.29) is 5.03 Å². The first kappa shape index (κ1) is 14.2. The number of piperidine rings is 1. The molecule has 1 saturated heterocycles. The molecule has 0 radical (unpaired) electrons. The SMILES string of the molecule is CCNc1cccnc1S(=O)(=O)NN1CCCCC1. The maximum Gasteiger partial charge on any atom is 0.273 e. The van der Waals surface area contributed by atoms with Crippen molar-refractivity contribution in [1.29, 1.82) is 0 Å². The first-order valence-corrected chi connectivity index (χ1v) is 8.08. The molecule has 1 fully saturated rings. The summed E-state index contributed by atoms with van der Waals surface area (Å²) in [5.74, 6) is 0. The van der Waals surface area contributed by atoms with Crippen LogP contribution in [-0.4, -0.2) is 38.0 Å². The van der Waals surface area contributed by atoms with Crippen molar-refractivity contribution in [3.05, 3.63) is 18.3 Å². The van der Waals surface area contributed by atoms with Gasteiger partial charge in [-0.25, -0.2) is 18.4 Å². The lowest BCUT2D eigenvalue weighted by Crippen LogP contribution is -2.45. The molecule has 2 rings (SSSR count). The smallest absolute Gasteiger partial charge is 0.273 e. The molecule has 6 nitrogen and oxygen atoms in total. The molecule has 0 aromatic carbocycles. The standard InChI is InChI=1S/C12H20N4O2S/c1-2-13-11-7-6-8-14-12(11)19(17,18)15-16-9-4-3-5-10-16/h6-8,13,15H,2-5,9-10H2,1H3. The molecule has 1 aliphatic rings. The minimum atomic E-state index is -3.61. The fourth-order valence-corrected chi connectivity index (χ4v) is 3.37. The molecule has 2 heterocycles. The highest BCUT2D eigenvalue weighted by atomic mass is 32.2. The predicted octanol–water partition coefficient (Wildman–Crippen LogP) is 1.19. The Balaban J connectivity index is 2.18. The Morgan fingerprint density at radius 3 is 2.74 bits per heavy atom. The molecular formula is C12H20N4O2S. The van der Waals surface area contributed by atoms with E-state index in [4.69, 9.17) is 0 Å². The summed E-state index contributed by atoms with van der Waals surface area (Å²) in [5.41, 5.74) is 0.537. The Labute approximate surface area is 114 Å². The molecule has 1 aromatic heterocycles. The molecule has 19 heavy (non-hydrogen) atoms. The van der Waals surface area contributed by atoms with Gasteiger partial charge >= 0.3 is 0 Å². The van der Waals surface area contributed by atoms with Crippen LogP contribution in [0.3, 0.4) is 0 Å². The van der Waals surface area contributed by atoms with Crippen LogP contribution in [0.25, 0.3) is 0 Å². The molecule has 0 spiro atoms. The van der Waals surface area contributed by atoms with Crippen LogP contribution in [0.2, 0.25) is 0 Å². The van der Waals surface area contributed by atoms with Gasteiger partial charge in [-0.3, -0.25) is 0 Å². The van der Waals surface area contributed by atoms with E-state index in [9.17, 15) is 8.42 Å². The van der Waals surface area contributed by atoms with Crippen LogP contribution in [-0.2, 0) is 10.0 Å². The molecular weight excluding hydrogens is 264 g/mol. The zero-order chi connectivity index (χ0) is 13.7. The molecule has 2 N–H and O–H groups in total. The van der Waals surface area contributed by atoms with E-state index in [0.717, 1.165) is 32.4 Å². The second kappa shape index (κ2) is 6.31. The van der Waals surface area contributed by atoms with E-state index >= 15 is 0 Å². The zero-order valence-electron chi connectivity index (χ0n) is 11.1. The van der Waals surface area contributed by atoms with E-state index in [1.54, 1.807) is 17.1 Å². The van der Waals surface area contributed by atoms with Crippen LogP contribution in [0.1, 0.15) is 26.2 Å². The van der Waals surface area contributed by atoms with Gasteiger partial charge in [0.1, 0.15) is 0 Å². The molecule has 0 bridgehead atoms. The van der Waals surface area contributed by atoms with Crippen molar-refractivity contribution in [1.82, 2.24) is 14.8 Å². The predicted molar refractivity (Wildman–Crippen MR) is 74.1 cm³/mol. The Morgan fingerprint density at radius 1 is 1.32 bits per heavy atom. The first-order chi connectivity index (χ1) is 9.13. The van der Waals surface area contributed by atoms with Gasteiger partial charge in [-0.2, -0.15) is 0 Å². The number of nitrogens with zero attached hydrogens (tertiary/aromatic N) is 2. The molecule has 1 aliphatic heterocycles. The van der Waals surface area contributed by atoms with Crippen molar-refractivity contribution in [2.24, 2.45) is 0 Å². The number of hydrazine groups is 1. The summed E-state index contributed by atoms with van der Waals surface area (Å²) >= 11 is 0. The first-order valence-electron chi connectivity index (χ1n) is 6.60. The lowest BCUT2D eigenvalue weighted by Gasteiger charge is -2.26. The summed E-state index contributed by atoms with van der Waals surface area (Å²) in [6, 6.07) is 3.44. The Morgan fingerprint density at radius 2 is 2.05 bits per heavy atom. The van der Waals surface area contributed by atoms with Crippen molar-refractivity contribution in [3.63, 3.8) is 0 Å². The Kier molecular flexibility index (Phi) is 4.73. The lowest BCUT2D eigenvalue weighted by molar-refractivity contribution is 0.199. The average Bonchev–Trinajstić information content (AvgIpc) is 2.40. The Hall–Kier alpha value is -1.18. The quantitative estimate of drug-likeness (QED) is 0.849. The minimum absolute atomic E-state index is 0.0578. The molecule has 0 saturated carbocycles. The van der Waals surface area contributed by atoms with Crippen LogP contribution in [0.4, 0.5) is 5.69 Å². The second-order valence-corrected chi connectivity index (χ2v) is 6.11. The van der Waals surface area contributed by atoms with Crippen molar-refractivity contribution >= 4 is 15.7 Å². The largest absolute Gasteiger partial charge is 0.383 e. The highest BCUT2D eigenvalue weighted by Crippen LogP contribution is 2.18. The Bertz CT molecular complexity index is 512. The summed E-state index contributed by atoms with van der Waals surface area (Å²) in [6.07, 6.45) is 4.69. The van der Waals surface area contributed by atoms with E-state index in [1.165, 1.54) is 6.20 Å². The number of aromatic nitrogens is 1. The number of hydrogen-bond donors (Lipinski definition) is 2. The monoisotopic (exact) mass is 284 g/mol. The van der Waals surface area contributed by atoms with Crippen molar-refractivity contribution in [3.8, 4) is 0 Å². The minimum Gasteiger partial charge on any atom is -0.383 e. The van der Waals surface area contributed by atoms with Crippen molar-refractivity contribution in [2.75, 3.05) is 25.0 Å². The lowest BCUT2D eigenvalue weighted by atomic mass is 10.2. The van der Waals surface area contributed by atoms with Gasteiger partial charge in [-0.1, -0.05) is 6.42 Å². The third kappa shape index (κ3) is 3.65. The molecule has 0 unspecified atom stereocenters.